The SMILES string of the molecule is Cc1ccc(C)c(N2CCN(c3nccn4nc(-c5ccc(F)cc5)cc34)CC2)c1. The van der Waals surface area contributed by atoms with Crippen molar-refractivity contribution in [3.8, 4) is 11.3 Å². The van der Waals surface area contributed by atoms with Gasteiger partial charge in [-0.3, -0.25) is 0 Å². The van der Waals surface area contributed by atoms with Gasteiger partial charge in [0.05, 0.1) is 5.69 Å². The number of aromatic nitrogens is 3. The van der Waals surface area contributed by atoms with Crippen molar-refractivity contribution in [2.45, 2.75) is 13.8 Å². The number of hydrogen-bond donors (Lipinski definition) is 0. The molecule has 0 radical (unpaired) electrons. The third-order valence-electron chi connectivity index (χ3n) is 5.79. The standard InChI is InChI=1S/C24H24FN5/c1-17-3-4-18(2)22(15-17)28-11-13-29(14-12-28)24-23-16-21(27-30(23)10-9-26-24)19-5-7-20(25)8-6-19/h3-10,15-16H,11-14H2,1-2H3. The molecule has 3 heterocycles. The topological polar surface area (TPSA) is 36.7 Å². The van der Waals surface area contributed by atoms with E-state index < -0.39 is 0 Å². The monoisotopic (exact) mass is 401 g/mol. The van der Waals surface area contributed by atoms with Gasteiger partial charge < -0.3 is 9.80 Å². The fraction of sp³-hybridized carbons (Fsp3) is 0.250. The maximum Gasteiger partial charge on any atom is 0.154 e. The Morgan fingerprint density at radius 1 is 0.867 bits per heavy atom. The molecular formula is C24H24FN5. The minimum absolute atomic E-state index is 0.244. The summed E-state index contributed by atoms with van der Waals surface area (Å²) in [6, 6.07) is 15.1. The molecular weight excluding hydrogens is 377 g/mol. The molecule has 4 aromatic rings. The van der Waals surface area contributed by atoms with E-state index in [1.807, 2.05) is 16.8 Å². The molecule has 0 spiro atoms. The van der Waals surface area contributed by atoms with Gasteiger partial charge in [0.2, 0.25) is 0 Å². The molecule has 1 aliphatic heterocycles. The first-order valence-corrected chi connectivity index (χ1v) is 10.3. The second-order valence-corrected chi connectivity index (χ2v) is 7.88. The van der Waals surface area contributed by atoms with Crippen LogP contribution in [0, 0.1) is 19.7 Å². The molecule has 0 bridgehead atoms. The Kier molecular flexibility index (Phi) is 4.62. The number of piperazine rings is 1. The largest absolute Gasteiger partial charge is 0.368 e. The first kappa shape index (κ1) is 18.6. The van der Waals surface area contributed by atoms with Gasteiger partial charge >= 0.3 is 0 Å². The van der Waals surface area contributed by atoms with Crippen molar-refractivity contribution in [2.75, 3.05) is 36.0 Å². The van der Waals surface area contributed by atoms with E-state index in [0.29, 0.717) is 0 Å². The van der Waals surface area contributed by atoms with Crippen molar-refractivity contribution < 1.29 is 4.39 Å². The maximum absolute atomic E-state index is 13.3. The molecule has 30 heavy (non-hydrogen) atoms. The maximum atomic E-state index is 13.3. The van der Waals surface area contributed by atoms with Crippen molar-refractivity contribution in [3.05, 3.63) is 77.9 Å². The van der Waals surface area contributed by atoms with Gasteiger partial charge in [0.25, 0.3) is 0 Å². The Morgan fingerprint density at radius 3 is 2.37 bits per heavy atom. The van der Waals surface area contributed by atoms with Gasteiger partial charge in [0.1, 0.15) is 11.3 Å². The fourth-order valence-corrected chi connectivity index (χ4v) is 4.13. The van der Waals surface area contributed by atoms with Crippen LogP contribution < -0.4 is 9.80 Å². The van der Waals surface area contributed by atoms with Crippen molar-refractivity contribution in [1.82, 2.24) is 14.6 Å². The molecule has 152 valence electrons. The van der Waals surface area contributed by atoms with Crippen LogP contribution >= 0.6 is 0 Å². The molecule has 1 aliphatic rings. The van der Waals surface area contributed by atoms with Crippen molar-refractivity contribution in [2.24, 2.45) is 0 Å². The van der Waals surface area contributed by atoms with Gasteiger partial charge in [-0.1, -0.05) is 12.1 Å². The smallest absolute Gasteiger partial charge is 0.154 e. The van der Waals surface area contributed by atoms with Crippen LogP contribution in [0.5, 0.6) is 0 Å². The Balaban J connectivity index is 1.40. The highest BCUT2D eigenvalue weighted by Gasteiger charge is 2.22. The Labute approximate surface area is 175 Å². The molecule has 0 amide bonds. The van der Waals surface area contributed by atoms with Crippen LogP contribution in [0.1, 0.15) is 11.1 Å². The van der Waals surface area contributed by atoms with Crippen LogP contribution in [0.15, 0.2) is 60.9 Å². The zero-order valence-corrected chi connectivity index (χ0v) is 17.2. The van der Waals surface area contributed by atoms with Gasteiger partial charge in [-0.05, 0) is 61.4 Å². The highest BCUT2D eigenvalue weighted by molar-refractivity contribution is 5.75. The molecule has 0 atom stereocenters. The van der Waals surface area contributed by atoms with Crippen LogP contribution in [0.4, 0.5) is 15.9 Å². The quantitative estimate of drug-likeness (QED) is 0.507. The number of nitrogens with zero attached hydrogens (tertiary/aromatic N) is 5. The van der Waals surface area contributed by atoms with Crippen LogP contribution in [0.2, 0.25) is 0 Å². The molecule has 2 aromatic heterocycles. The second kappa shape index (κ2) is 7.44. The van der Waals surface area contributed by atoms with Gasteiger partial charge in [-0.25, -0.2) is 13.9 Å². The number of hydrogen-bond acceptors (Lipinski definition) is 4. The lowest BCUT2D eigenvalue weighted by Gasteiger charge is -2.37. The lowest BCUT2D eigenvalue weighted by molar-refractivity contribution is 0.628. The Morgan fingerprint density at radius 2 is 1.60 bits per heavy atom. The number of benzene rings is 2. The van der Waals surface area contributed by atoms with Crippen LogP contribution in [-0.2, 0) is 0 Å². The van der Waals surface area contributed by atoms with Crippen LogP contribution in [0.25, 0.3) is 16.8 Å². The summed E-state index contributed by atoms with van der Waals surface area (Å²) in [6.07, 6.45) is 3.65. The van der Waals surface area contributed by atoms with Crippen molar-refractivity contribution in [3.63, 3.8) is 0 Å². The third-order valence-corrected chi connectivity index (χ3v) is 5.79. The minimum atomic E-state index is -0.244. The summed E-state index contributed by atoms with van der Waals surface area (Å²) in [7, 11) is 0. The lowest BCUT2D eigenvalue weighted by atomic mass is 10.1. The molecule has 6 heteroatoms. The molecule has 1 saturated heterocycles. The molecule has 0 aliphatic carbocycles. The average molecular weight is 401 g/mol. The van der Waals surface area contributed by atoms with E-state index in [4.69, 9.17) is 0 Å². The zero-order valence-electron chi connectivity index (χ0n) is 17.2. The predicted molar refractivity (Wildman–Crippen MR) is 119 cm³/mol. The first-order valence-electron chi connectivity index (χ1n) is 10.3. The molecule has 5 rings (SSSR count). The van der Waals surface area contributed by atoms with E-state index in [0.717, 1.165) is 48.8 Å². The number of rotatable bonds is 3. The number of aryl methyl sites for hydroxylation is 2. The summed E-state index contributed by atoms with van der Waals surface area (Å²) in [4.78, 5) is 9.45. The van der Waals surface area contributed by atoms with E-state index >= 15 is 0 Å². The summed E-state index contributed by atoms with van der Waals surface area (Å²) in [5, 5.41) is 4.67. The van der Waals surface area contributed by atoms with E-state index in [2.05, 4.69) is 51.9 Å². The molecule has 1 fully saturated rings. The summed E-state index contributed by atoms with van der Waals surface area (Å²) < 4.78 is 15.1. The highest BCUT2D eigenvalue weighted by atomic mass is 19.1. The molecule has 2 aromatic carbocycles. The molecule has 0 N–H and O–H groups in total. The molecule has 0 saturated carbocycles. The first-order chi connectivity index (χ1) is 14.6. The second-order valence-electron chi connectivity index (χ2n) is 7.88. The summed E-state index contributed by atoms with van der Waals surface area (Å²) in [5.41, 5.74) is 6.61. The van der Waals surface area contributed by atoms with Crippen molar-refractivity contribution in [1.29, 1.82) is 0 Å². The summed E-state index contributed by atoms with van der Waals surface area (Å²) >= 11 is 0. The Hall–Kier alpha value is -3.41. The normalized spacial score (nSPS) is 14.5. The van der Waals surface area contributed by atoms with E-state index in [-0.39, 0.29) is 5.82 Å². The zero-order chi connectivity index (χ0) is 20.7. The van der Waals surface area contributed by atoms with E-state index in [9.17, 15) is 4.39 Å². The lowest BCUT2D eigenvalue weighted by Crippen LogP contribution is -2.47. The van der Waals surface area contributed by atoms with Gasteiger partial charge in [-0.2, -0.15) is 5.10 Å². The third kappa shape index (κ3) is 3.38. The minimum Gasteiger partial charge on any atom is -0.368 e. The fourth-order valence-electron chi connectivity index (χ4n) is 4.13. The van der Waals surface area contributed by atoms with E-state index in [1.165, 1.54) is 28.9 Å². The van der Waals surface area contributed by atoms with Gasteiger partial charge in [-0.15, -0.1) is 0 Å². The van der Waals surface area contributed by atoms with E-state index in [1.54, 1.807) is 18.3 Å². The molecule has 0 unspecified atom stereocenters. The highest BCUT2D eigenvalue weighted by Crippen LogP contribution is 2.28. The molecule has 5 nitrogen and oxygen atoms in total. The van der Waals surface area contributed by atoms with Crippen LogP contribution in [0.3, 0.4) is 0 Å². The summed E-state index contributed by atoms with van der Waals surface area (Å²) in [6.45, 7) is 8.01. The number of anilines is 2. The van der Waals surface area contributed by atoms with Gasteiger partial charge in [0, 0.05) is 49.8 Å². The Bertz CT molecular complexity index is 1190. The van der Waals surface area contributed by atoms with Crippen LogP contribution in [-0.4, -0.2) is 40.8 Å². The number of fused-ring (bicyclic) bond motifs is 1. The predicted octanol–water partition coefficient (Wildman–Crippen LogP) is 4.48. The van der Waals surface area contributed by atoms with Gasteiger partial charge in [0.15, 0.2) is 5.82 Å². The average Bonchev–Trinajstić information content (AvgIpc) is 3.20. The summed E-state index contributed by atoms with van der Waals surface area (Å²) in [5.74, 6) is 0.700. The van der Waals surface area contributed by atoms with Crippen molar-refractivity contribution >= 4 is 17.0 Å². The number of halogens is 1.